The summed E-state index contributed by atoms with van der Waals surface area (Å²) >= 11 is 0. The van der Waals surface area contributed by atoms with Gasteiger partial charge in [0.15, 0.2) is 0 Å². The summed E-state index contributed by atoms with van der Waals surface area (Å²) in [6.07, 6.45) is 0. The first-order valence-electron chi connectivity index (χ1n) is 7.87. The fourth-order valence-corrected chi connectivity index (χ4v) is 2.47. The summed E-state index contributed by atoms with van der Waals surface area (Å²) in [7, 11) is 3.32. The molecular formula is C19H24N2O3. The van der Waals surface area contributed by atoms with Crippen LogP contribution in [0.2, 0.25) is 0 Å². The zero-order chi connectivity index (χ0) is 17.2. The normalized spacial score (nSPS) is 10.4. The van der Waals surface area contributed by atoms with Gasteiger partial charge in [-0.1, -0.05) is 48.5 Å². The first kappa shape index (κ1) is 18.0. The zero-order valence-electron chi connectivity index (χ0n) is 14.2. The van der Waals surface area contributed by atoms with E-state index in [-0.39, 0.29) is 6.03 Å². The molecule has 5 nitrogen and oxygen atoms in total. The van der Waals surface area contributed by atoms with Gasteiger partial charge < -0.3 is 20.1 Å². The second-order valence-corrected chi connectivity index (χ2v) is 5.44. The van der Waals surface area contributed by atoms with E-state index >= 15 is 0 Å². The molecule has 0 heterocycles. The fraction of sp³-hybridized carbons (Fsp3) is 0.316. The number of urea groups is 1. The molecule has 0 unspecified atom stereocenters. The average Bonchev–Trinajstić information content (AvgIpc) is 2.61. The highest BCUT2D eigenvalue weighted by molar-refractivity contribution is 5.73. The summed E-state index contributed by atoms with van der Waals surface area (Å²) in [6, 6.07) is 15.6. The molecule has 0 radical (unpaired) electrons. The summed E-state index contributed by atoms with van der Waals surface area (Å²) < 4.78 is 10.4. The number of benzene rings is 2. The van der Waals surface area contributed by atoms with E-state index in [4.69, 9.17) is 9.47 Å². The Morgan fingerprint density at radius 2 is 1.12 bits per heavy atom. The van der Waals surface area contributed by atoms with E-state index in [0.717, 1.165) is 22.3 Å². The lowest BCUT2D eigenvalue weighted by Gasteiger charge is -2.12. The monoisotopic (exact) mass is 328 g/mol. The molecule has 24 heavy (non-hydrogen) atoms. The van der Waals surface area contributed by atoms with Crippen molar-refractivity contribution in [2.75, 3.05) is 14.2 Å². The Morgan fingerprint density at radius 1 is 0.750 bits per heavy atom. The van der Waals surface area contributed by atoms with Crippen molar-refractivity contribution in [3.8, 4) is 0 Å². The number of rotatable bonds is 8. The number of hydrogen-bond donors (Lipinski definition) is 2. The van der Waals surface area contributed by atoms with Crippen LogP contribution >= 0.6 is 0 Å². The van der Waals surface area contributed by atoms with E-state index in [2.05, 4.69) is 10.6 Å². The minimum Gasteiger partial charge on any atom is -0.380 e. The average molecular weight is 328 g/mol. The predicted molar refractivity (Wildman–Crippen MR) is 93.4 cm³/mol. The van der Waals surface area contributed by atoms with Crippen molar-refractivity contribution < 1.29 is 14.3 Å². The van der Waals surface area contributed by atoms with Gasteiger partial charge in [-0.2, -0.15) is 0 Å². The number of amides is 2. The molecule has 0 saturated heterocycles. The van der Waals surface area contributed by atoms with Crippen LogP contribution in [0.4, 0.5) is 4.79 Å². The Balaban J connectivity index is 1.86. The third-order valence-electron chi connectivity index (χ3n) is 3.72. The summed E-state index contributed by atoms with van der Waals surface area (Å²) in [5.74, 6) is 0. The molecule has 0 aromatic heterocycles. The molecule has 0 atom stereocenters. The second kappa shape index (κ2) is 9.70. The van der Waals surface area contributed by atoms with Crippen LogP contribution in [0.15, 0.2) is 48.5 Å². The molecule has 0 saturated carbocycles. The van der Waals surface area contributed by atoms with Crippen molar-refractivity contribution in [2.24, 2.45) is 0 Å². The third-order valence-corrected chi connectivity index (χ3v) is 3.72. The Bertz CT molecular complexity index is 603. The third kappa shape index (κ3) is 5.37. The molecule has 2 amide bonds. The van der Waals surface area contributed by atoms with Gasteiger partial charge in [-0.25, -0.2) is 4.79 Å². The highest BCUT2D eigenvalue weighted by Gasteiger charge is 2.06. The van der Waals surface area contributed by atoms with Crippen molar-refractivity contribution in [3.05, 3.63) is 70.8 Å². The molecule has 0 fully saturated rings. The topological polar surface area (TPSA) is 59.6 Å². The molecule has 0 aliphatic rings. The Kier molecular flexibility index (Phi) is 7.26. The minimum atomic E-state index is -0.200. The van der Waals surface area contributed by atoms with Crippen molar-refractivity contribution in [1.29, 1.82) is 0 Å². The number of ether oxygens (including phenoxy) is 2. The SMILES string of the molecule is COCc1ccccc1CNC(=O)NCc1ccccc1COC. The van der Waals surface area contributed by atoms with Crippen molar-refractivity contribution in [2.45, 2.75) is 26.3 Å². The lowest BCUT2D eigenvalue weighted by atomic mass is 10.1. The van der Waals surface area contributed by atoms with Gasteiger partial charge in [0, 0.05) is 27.3 Å². The Hall–Kier alpha value is -2.37. The fourth-order valence-electron chi connectivity index (χ4n) is 2.47. The highest BCUT2D eigenvalue weighted by Crippen LogP contribution is 2.10. The maximum absolute atomic E-state index is 12.0. The summed E-state index contributed by atoms with van der Waals surface area (Å²) in [5, 5.41) is 5.77. The number of nitrogens with one attached hydrogen (secondary N) is 2. The first-order chi connectivity index (χ1) is 11.7. The van der Waals surface area contributed by atoms with E-state index in [9.17, 15) is 4.79 Å². The molecule has 2 N–H and O–H groups in total. The lowest BCUT2D eigenvalue weighted by Crippen LogP contribution is -2.35. The number of carbonyl (C=O) groups excluding carboxylic acids is 1. The first-order valence-corrected chi connectivity index (χ1v) is 7.87. The van der Waals surface area contributed by atoms with Crippen LogP contribution in [-0.4, -0.2) is 20.3 Å². The molecular weight excluding hydrogens is 304 g/mol. The van der Waals surface area contributed by atoms with Crippen LogP contribution in [0.3, 0.4) is 0 Å². The molecule has 0 aliphatic carbocycles. The van der Waals surface area contributed by atoms with Gasteiger partial charge >= 0.3 is 6.03 Å². The summed E-state index contributed by atoms with van der Waals surface area (Å²) in [5.41, 5.74) is 4.25. The summed E-state index contributed by atoms with van der Waals surface area (Å²) in [4.78, 5) is 12.0. The maximum atomic E-state index is 12.0. The van der Waals surface area contributed by atoms with Crippen LogP contribution in [0.5, 0.6) is 0 Å². The number of methoxy groups -OCH3 is 2. The molecule has 2 aromatic carbocycles. The smallest absolute Gasteiger partial charge is 0.315 e. The van der Waals surface area contributed by atoms with Crippen LogP contribution in [0, 0.1) is 0 Å². The second-order valence-electron chi connectivity index (χ2n) is 5.44. The summed E-state index contributed by atoms with van der Waals surface area (Å²) in [6.45, 7) is 1.99. The minimum absolute atomic E-state index is 0.200. The number of hydrogen-bond acceptors (Lipinski definition) is 3. The van der Waals surface area contributed by atoms with Crippen molar-refractivity contribution in [1.82, 2.24) is 10.6 Å². The van der Waals surface area contributed by atoms with Crippen molar-refractivity contribution >= 4 is 6.03 Å². The maximum Gasteiger partial charge on any atom is 0.315 e. The molecule has 5 heteroatoms. The molecule has 2 aromatic rings. The molecule has 0 aliphatic heterocycles. The van der Waals surface area contributed by atoms with Gasteiger partial charge in [-0.3, -0.25) is 0 Å². The van der Waals surface area contributed by atoms with Gasteiger partial charge in [0.2, 0.25) is 0 Å². The van der Waals surface area contributed by atoms with E-state index in [0.29, 0.717) is 26.3 Å². The quantitative estimate of drug-likeness (QED) is 0.783. The van der Waals surface area contributed by atoms with Gasteiger partial charge in [-0.15, -0.1) is 0 Å². The zero-order valence-corrected chi connectivity index (χ0v) is 14.2. The van der Waals surface area contributed by atoms with Gasteiger partial charge in [0.25, 0.3) is 0 Å². The molecule has 0 spiro atoms. The van der Waals surface area contributed by atoms with Gasteiger partial charge in [0.05, 0.1) is 13.2 Å². The van der Waals surface area contributed by atoms with Crippen LogP contribution < -0.4 is 10.6 Å². The van der Waals surface area contributed by atoms with E-state index in [1.165, 1.54) is 0 Å². The lowest BCUT2D eigenvalue weighted by molar-refractivity contribution is 0.184. The van der Waals surface area contributed by atoms with Crippen molar-refractivity contribution in [3.63, 3.8) is 0 Å². The van der Waals surface area contributed by atoms with Gasteiger partial charge in [-0.05, 0) is 22.3 Å². The van der Waals surface area contributed by atoms with Crippen LogP contribution in [0.25, 0.3) is 0 Å². The van der Waals surface area contributed by atoms with Gasteiger partial charge in [0.1, 0.15) is 0 Å². The van der Waals surface area contributed by atoms with Crippen LogP contribution in [0.1, 0.15) is 22.3 Å². The number of carbonyl (C=O) groups is 1. The molecule has 128 valence electrons. The highest BCUT2D eigenvalue weighted by atomic mass is 16.5. The van der Waals surface area contributed by atoms with Crippen LogP contribution in [-0.2, 0) is 35.8 Å². The Labute approximate surface area is 143 Å². The largest absolute Gasteiger partial charge is 0.380 e. The van der Waals surface area contributed by atoms with E-state index < -0.39 is 0 Å². The standard InChI is InChI=1S/C19H24N2O3/c1-23-13-17-9-5-3-7-15(17)11-20-19(22)21-12-16-8-4-6-10-18(16)14-24-2/h3-10H,11-14H2,1-2H3,(H2,20,21,22). The molecule has 2 rings (SSSR count). The Morgan fingerprint density at radius 3 is 1.50 bits per heavy atom. The predicted octanol–water partition coefficient (Wildman–Crippen LogP) is 2.98. The van der Waals surface area contributed by atoms with E-state index in [1.807, 2.05) is 48.5 Å². The van der Waals surface area contributed by atoms with E-state index in [1.54, 1.807) is 14.2 Å². The molecule has 0 bridgehead atoms.